The molecule has 0 N–H and O–H groups in total. The van der Waals surface area contributed by atoms with Gasteiger partial charge in [0.25, 0.3) is 0 Å². The Morgan fingerprint density at radius 2 is 1.00 bits per heavy atom. The van der Waals surface area contributed by atoms with Crippen molar-refractivity contribution >= 4 is 0 Å². The lowest BCUT2D eigenvalue weighted by Crippen LogP contribution is -2.41. The van der Waals surface area contributed by atoms with Crippen LogP contribution in [0, 0.1) is 5.41 Å². The molecule has 100 valence electrons. The minimum absolute atomic E-state index is 0.302. The second kappa shape index (κ2) is 7.29. The van der Waals surface area contributed by atoms with Crippen LogP contribution in [0.2, 0.25) is 0 Å². The monoisotopic (exact) mass is 230 g/mol. The van der Waals surface area contributed by atoms with Crippen molar-refractivity contribution in [3.8, 4) is 0 Å². The highest BCUT2D eigenvalue weighted by atomic mass is 15.2. The summed E-state index contributed by atoms with van der Waals surface area (Å²) in [5.41, 5.74) is 0.802. The summed E-state index contributed by atoms with van der Waals surface area (Å²) < 4.78 is 0. The van der Waals surface area contributed by atoms with Crippen LogP contribution in [0.5, 0.6) is 0 Å². The lowest BCUT2D eigenvalue weighted by molar-refractivity contribution is 0.161. The molecule has 0 heterocycles. The largest absolute Gasteiger partial charge is 0.308 e. The zero-order chi connectivity index (χ0) is 13.6. The zero-order valence-electron chi connectivity index (χ0n) is 13.3. The van der Waals surface area contributed by atoms with Crippen molar-refractivity contribution in [3.63, 3.8) is 0 Å². The summed E-state index contributed by atoms with van der Waals surface area (Å²) in [6, 6.07) is 0. The fourth-order valence-electron chi connectivity index (χ4n) is 0.685. The first-order valence-corrected chi connectivity index (χ1v) is 6.20. The highest BCUT2D eigenvalue weighted by Crippen LogP contribution is 2.09. The summed E-state index contributed by atoms with van der Waals surface area (Å²) in [6.45, 7) is 17.7. The summed E-state index contributed by atoms with van der Waals surface area (Å²) in [4.78, 5) is 4.58. The van der Waals surface area contributed by atoms with Gasteiger partial charge in [-0.05, 0) is 47.3 Å². The van der Waals surface area contributed by atoms with Crippen molar-refractivity contribution in [2.45, 2.75) is 54.0 Å². The predicted molar refractivity (Wildman–Crippen MR) is 76.1 cm³/mol. The van der Waals surface area contributed by atoms with E-state index in [1.807, 2.05) is 0 Å². The van der Waals surface area contributed by atoms with Crippen molar-refractivity contribution < 1.29 is 0 Å². The Bertz CT molecular complexity index is 155. The molecule has 2 heteroatoms. The van der Waals surface area contributed by atoms with Crippen molar-refractivity contribution in [2.75, 3.05) is 34.2 Å². The average molecular weight is 230 g/mol. The standard InChI is InChI=1S/C9H22N2.C5H12/c1-9(2,3)11(6)8-7-10(4)5;1-5(2,3)4/h7-8H2,1-6H3;1-4H3. The molecule has 0 aliphatic heterocycles. The number of likely N-dealkylation sites (N-methyl/N-ethyl adjacent to an activating group) is 2. The smallest absolute Gasteiger partial charge is 0.0122 e. The van der Waals surface area contributed by atoms with E-state index in [2.05, 4.69) is 79.4 Å². The number of hydrogen-bond acceptors (Lipinski definition) is 2. The van der Waals surface area contributed by atoms with Crippen LogP contribution in [0.25, 0.3) is 0 Å². The molecule has 0 radical (unpaired) electrons. The topological polar surface area (TPSA) is 6.48 Å². The maximum Gasteiger partial charge on any atom is 0.0122 e. The molecule has 0 atom stereocenters. The van der Waals surface area contributed by atoms with Gasteiger partial charge in [-0.15, -0.1) is 0 Å². The van der Waals surface area contributed by atoms with Gasteiger partial charge < -0.3 is 9.80 Å². The van der Waals surface area contributed by atoms with Crippen LogP contribution in [0.4, 0.5) is 0 Å². The van der Waals surface area contributed by atoms with E-state index in [1.165, 1.54) is 0 Å². The minimum atomic E-state index is 0.302. The molecule has 0 saturated carbocycles. The maximum atomic E-state index is 2.37. The van der Waals surface area contributed by atoms with Gasteiger partial charge in [0.2, 0.25) is 0 Å². The highest BCUT2D eigenvalue weighted by molar-refractivity contribution is 4.72. The Balaban J connectivity index is 0. The van der Waals surface area contributed by atoms with Crippen molar-refractivity contribution in [3.05, 3.63) is 0 Å². The Morgan fingerprint density at radius 1 is 0.688 bits per heavy atom. The predicted octanol–water partition coefficient (Wildman–Crippen LogP) is 3.33. The van der Waals surface area contributed by atoms with Gasteiger partial charge in [-0.1, -0.05) is 27.7 Å². The van der Waals surface area contributed by atoms with Crippen LogP contribution in [0.15, 0.2) is 0 Å². The quantitative estimate of drug-likeness (QED) is 0.734. The fourth-order valence-corrected chi connectivity index (χ4v) is 0.685. The first-order valence-electron chi connectivity index (χ1n) is 6.20. The van der Waals surface area contributed by atoms with Gasteiger partial charge in [-0.2, -0.15) is 0 Å². The summed E-state index contributed by atoms with van der Waals surface area (Å²) in [6.07, 6.45) is 0. The third-order valence-corrected chi connectivity index (χ3v) is 2.03. The van der Waals surface area contributed by atoms with Gasteiger partial charge in [-0.25, -0.2) is 0 Å². The van der Waals surface area contributed by atoms with Gasteiger partial charge in [-0.3, -0.25) is 0 Å². The Labute approximate surface area is 104 Å². The lowest BCUT2D eigenvalue weighted by Gasteiger charge is -2.32. The van der Waals surface area contributed by atoms with E-state index in [1.54, 1.807) is 0 Å². The van der Waals surface area contributed by atoms with Gasteiger partial charge in [0.1, 0.15) is 0 Å². The van der Waals surface area contributed by atoms with Gasteiger partial charge in [0.05, 0.1) is 0 Å². The second-order valence-electron chi connectivity index (χ2n) is 7.40. The SMILES string of the molecule is CC(C)(C)C.CN(C)CCN(C)C(C)(C)C. The molecule has 16 heavy (non-hydrogen) atoms. The van der Waals surface area contributed by atoms with Gasteiger partial charge in [0.15, 0.2) is 0 Å². The number of hydrogen-bond donors (Lipinski definition) is 0. The van der Waals surface area contributed by atoms with Crippen LogP contribution in [0.1, 0.15) is 48.5 Å². The van der Waals surface area contributed by atoms with Crippen LogP contribution >= 0.6 is 0 Å². The third-order valence-electron chi connectivity index (χ3n) is 2.03. The van der Waals surface area contributed by atoms with E-state index in [9.17, 15) is 0 Å². The minimum Gasteiger partial charge on any atom is -0.308 e. The molecule has 0 fully saturated rings. The van der Waals surface area contributed by atoms with Gasteiger partial charge >= 0.3 is 0 Å². The normalized spacial score (nSPS) is 12.8. The summed E-state index contributed by atoms with van der Waals surface area (Å²) in [7, 11) is 6.39. The van der Waals surface area contributed by atoms with Gasteiger partial charge in [0, 0.05) is 18.6 Å². The van der Waals surface area contributed by atoms with E-state index in [-0.39, 0.29) is 0 Å². The first kappa shape index (κ1) is 18.3. The lowest BCUT2D eigenvalue weighted by atomic mass is 10.0. The van der Waals surface area contributed by atoms with E-state index in [0.29, 0.717) is 11.0 Å². The molecular weight excluding hydrogens is 196 g/mol. The molecule has 0 saturated heterocycles. The molecule has 0 aromatic rings. The molecule has 0 aliphatic carbocycles. The first-order chi connectivity index (χ1) is 6.84. The maximum absolute atomic E-state index is 2.37. The molecule has 0 rings (SSSR count). The van der Waals surface area contributed by atoms with E-state index in [0.717, 1.165) is 13.1 Å². The molecule has 0 bridgehead atoms. The molecule has 0 spiro atoms. The second-order valence-corrected chi connectivity index (χ2v) is 7.40. The van der Waals surface area contributed by atoms with Crippen LogP contribution in [-0.4, -0.2) is 49.6 Å². The van der Waals surface area contributed by atoms with E-state index < -0.39 is 0 Å². The molecule has 0 amide bonds. The fraction of sp³-hybridized carbons (Fsp3) is 1.00. The van der Waals surface area contributed by atoms with E-state index >= 15 is 0 Å². The number of nitrogens with zero attached hydrogens (tertiary/aromatic N) is 2. The van der Waals surface area contributed by atoms with Crippen LogP contribution in [-0.2, 0) is 0 Å². The summed E-state index contributed by atoms with van der Waals surface area (Å²) in [5.74, 6) is 0. The molecule has 0 unspecified atom stereocenters. The number of rotatable bonds is 3. The Hall–Kier alpha value is -0.0800. The Morgan fingerprint density at radius 3 is 1.19 bits per heavy atom. The molecular formula is C14H34N2. The highest BCUT2D eigenvalue weighted by Gasteiger charge is 2.15. The van der Waals surface area contributed by atoms with E-state index in [4.69, 9.17) is 0 Å². The summed E-state index contributed by atoms with van der Waals surface area (Å²) >= 11 is 0. The van der Waals surface area contributed by atoms with Crippen LogP contribution in [0.3, 0.4) is 0 Å². The average Bonchev–Trinajstić information content (AvgIpc) is 1.94. The van der Waals surface area contributed by atoms with Crippen LogP contribution < -0.4 is 0 Å². The molecule has 0 aliphatic rings. The summed E-state index contributed by atoms with van der Waals surface area (Å²) in [5, 5.41) is 0. The third kappa shape index (κ3) is 19.5. The zero-order valence-corrected chi connectivity index (χ0v) is 13.3. The molecule has 2 nitrogen and oxygen atoms in total. The van der Waals surface area contributed by atoms with Crippen molar-refractivity contribution in [1.29, 1.82) is 0 Å². The molecule has 0 aromatic heterocycles. The Kier molecular flexibility index (Phi) is 8.33. The van der Waals surface area contributed by atoms with Crippen molar-refractivity contribution in [2.24, 2.45) is 5.41 Å². The van der Waals surface area contributed by atoms with Crippen molar-refractivity contribution in [1.82, 2.24) is 9.80 Å². The molecule has 0 aromatic carbocycles.